The highest BCUT2D eigenvalue weighted by molar-refractivity contribution is 6.30. The monoisotopic (exact) mass is 322 g/mol. The second kappa shape index (κ2) is 6.50. The van der Waals surface area contributed by atoms with Gasteiger partial charge in [-0.25, -0.2) is 0 Å². The van der Waals surface area contributed by atoms with E-state index in [4.69, 9.17) is 27.9 Å². The summed E-state index contributed by atoms with van der Waals surface area (Å²) < 4.78 is 5.81. The first-order chi connectivity index (χ1) is 9.93. The van der Waals surface area contributed by atoms with Crippen LogP contribution in [0.2, 0.25) is 10.0 Å². The molecule has 2 rings (SSSR count). The van der Waals surface area contributed by atoms with Crippen molar-refractivity contribution in [2.24, 2.45) is 0 Å². The van der Waals surface area contributed by atoms with E-state index in [-0.39, 0.29) is 0 Å². The number of carbonyl (C=O) groups is 1. The average Bonchev–Trinajstić information content (AvgIpc) is 2.47. The largest absolute Gasteiger partial charge is 0.482 e. The van der Waals surface area contributed by atoms with Crippen LogP contribution in [0.5, 0.6) is 5.75 Å². The van der Waals surface area contributed by atoms with Crippen molar-refractivity contribution in [3.63, 3.8) is 0 Å². The van der Waals surface area contributed by atoms with Crippen LogP contribution in [-0.2, 0) is 10.2 Å². The smallest absolute Gasteiger partial charge is 0.163 e. The highest BCUT2D eigenvalue weighted by Gasteiger charge is 2.33. The van der Waals surface area contributed by atoms with Crippen molar-refractivity contribution in [3.05, 3.63) is 64.1 Å². The van der Waals surface area contributed by atoms with Gasteiger partial charge in [-0.1, -0.05) is 49.2 Å². The highest BCUT2D eigenvalue weighted by atomic mass is 35.5. The lowest BCUT2D eigenvalue weighted by Crippen LogP contribution is -2.39. The summed E-state index contributed by atoms with van der Waals surface area (Å²) >= 11 is 11.8. The molecule has 0 heterocycles. The van der Waals surface area contributed by atoms with E-state index in [1.807, 2.05) is 38.1 Å². The molecule has 0 amide bonds. The van der Waals surface area contributed by atoms with Crippen LogP contribution >= 0.6 is 23.2 Å². The van der Waals surface area contributed by atoms with Crippen molar-refractivity contribution in [2.75, 3.05) is 0 Å². The average molecular weight is 323 g/mol. The zero-order valence-electron chi connectivity index (χ0n) is 11.8. The molecule has 0 saturated carbocycles. The zero-order valence-corrected chi connectivity index (χ0v) is 13.4. The lowest BCUT2D eigenvalue weighted by atomic mass is 9.80. The van der Waals surface area contributed by atoms with Crippen LogP contribution in [0.4, 0.5) is 0 Å². The molecule has 0 N–H and O–H groups in total. The van der Waals surface area contributed by atoms with Crippen molar-refractivity contribution >= 4 is 29.5 Å². The number of halogens is 2. The second-order valence-electron chi connectivity index (χ2n) is 5.36. The minimum Gasteiger partial charge on any atom is -0.482 e. The van der Waals surface area contributed by atoms with E-state index in [1.165, 1.54) is 0 Å². The SMILES string of the molecule is CC(C)(c1ccc(Cl)cc1)C(C=O)Oc1ccc(Cl)cc1. The van der Waals surface area contributed by atoms with Crippen LogP contribution in [0.3, 0.4) is 0 Å². The van der Waals surface area contributed by atoms with Gasteiger partial charge in [0.1, 0.15) is 5.75 Å². The number of hydrogen-bond acceptors (Lipinski definition) is 2. The Morgan fingerprint density at radius 2 is 1.43 bits per heavy atom. The van der Waals surface area contributed by atoms with Crippen LogP contribution in [0.25, 0.3) is 0 Å². The van der Waals surface area contributed by atoms with E-state index < -0.39 is 11.5 Å². The molecule has 1 unspecified atom stereocenters. The van der Waals surface area contributed by atoms with Gasteiger partial charge in [-0.2, -0.15) is 0 Å². The molecular formula is C17H16Cl2O2. The predicted octanol–water partition coefficient (Wildman–Crippen LogP) is 4.92. The van der Waals surface area contributed by atoms with Crippen LogP contribution in [-0.4, -0.2) is 12.4 Å². The van der Waals surface area contributed by atoms with Crippen molar-refractivity contribution < 1.29 is 9.53 Å². The van der Waals surface area contributed by atoms with Gasteiger partial charge in [0.25, 0.3) is 0 Å². The molecule has 4 heteroatoms. The third-order valence-electron chi connectivity index (χ3n) is 3.50. The Labute approximate surface area is 134 Å². The van der Waals surface area contributed by atoms with Crippen molar-refractivity contribution in [2.45, 2.75) is 25.4 Å². The summed E-state index contributed by atoms with van der Waals surface area (Å²) in [5.74, 6) is 0.610. The first-order valence-corrected chi connectivity index (χ1v) is 7.32. The van der Waals surface area contributed by atoms with Crippen LogP contribution in [0.15, 0.2) is 48.5 Å². The maximum absolute atomic E-state index is 11.5. The van der Waals surface area contributed by atoms with Gasteiger partial charge in [-0.15, -0.1) is 0 Å². The molecule has 110 valence electrons. The summed E-state index contributed by atoms with van der Waals surface area (Å²) in [5.41, 5.74) is 0.504. The summed E-state index contributed by atoms with van der Waals surface area (Å²) in [4.78, 5) is 11.5. The van der Waals surface area contributed by atoms with Gasteiger partial charge in [0.05, 0.1) is 0 Å². The Bertz CT molecular complexity index is 604. The second-order valence-corrected chi connectivity index (χ2v) is 6.23. The molecule has 2 aromatic rings. The lowest BCUT2D eigenvalue weighted by Gasteiger charge is -2.31. The van der Waals surface area contributed by atoms with Crippen molar-refractivity contribution in [1.29, 1.82) is 0 Å². The quantitative estimate of drug-likeness (QED) is 0.730. The van der Waals surface area contributed by atoms with E-state index >= 15 is 0 Å². The molecule has 0 aliphatic heterocycles. The Morgan fingerprint density at radius 1 is 0.952 bits per heavy atom. The van der Waals surface area contributed by atoms with Gasteiger partial charge in [0, 0.05) is 15.5 Å². The van der Waals surface area contributed by atoms with Gasteiger partial charge in [0.2, 0.25) is 0 Å². The molecule has 21 heavy (non-hydrogen) atoms. The standard InChI is InChI=1S/C17H16Cl2O2/c1-17(2,12-3-5-13(18)6-4-12)16(11-20)21-15-9-7-14(19)8-10-15/h3-11,16H,1-2H3. The Balaban J connectivity index is 2.24. The Hall–Kier alpha value is -1.51. The number of hydrogen-bond donors (Lipinski definition) is 0. The first-order valence-electron chi connectivity index (χ1n) is 6.57. The lowest BCUT2D eigenvalue weighted by molar-refractivity contribution is -0.116. The molecule has 0 radical (unpaired) electrons. The van der Waals surface area contributed by atoms with Gasteiger partial charge in [-0.05, 0) is 42.0 Å². The van der Waals surface area contributed by atoms with E-state index in [2.05, 4.69) is 0 Å². The molecule has 2 aromatic carbocycles. The minimum absolute atomic E-state index is 0.480. The molecule has 0 spiro atoms. The fourth-order valence-corrected chi connectivity index (χ4v) is 2.30. The van der Waals surface area contributed by atoms with E-state index in [0.717, 1.165) is 11.8 Å². The fourth-order valence-electron chi connectivity index (χ4n) is 2.05. The topological polar surface area (TPSA) is 26.3 Å². The summed E-state index contributed by atoms with van der Waals surface area (Å²) in [6, 6.07) is 14.4. The zero-order chi connectivity index (χ0) is 15.5. The van der Waals surface area contributed by atoms with Gasteiger partial charge < -0.3 is 4.74 Å². The summed E-state index contributed by atoms with van der Waals surface area (Å²) in [6.07, 6.45) is 0.211. The maximum Gasteiger partial charge on any atom is 0.163 e. The van der Waals surface area contributed by atoms with Gasteiger partial charge in [-0.3, -0.25) is 4.79 Å². The Morgan fingerprint density at radius 3 is 1.90 bits per heavy atom. The summed E-state index contributed by atoms with van der Waals surface area (Å²) in [6.45, 7) is 3.93. The third kappa shape index (κ3) is 3.78. The van der Waals surface area contributed by atoms with Gasteiger partial charge >= 0.3 is 0 Å². The number of rotatable bonds is 5. The maximum atomic E-state index is 11.5. The van der Waals surface area contributed by atoms with Crippen molar-refractivity contribution in [3.8, 4) is 5.75 Å². The molecule has 0 aromatic heterocycles. The third-order valence-corrected chi connectivity index (χ3v) is 4.00. The van der Waals surface area contributed by atoms with Gasteiger partial charge in [0.15, 0.2) is 12.4 Å². The molecule has 2 nitrogen and oxygen atoms in total. The number of ether oxygens (including phenoxy) is 1. The number of benzene rings is 2. The predicted molar refractivity (Wildman–Crippen MR) is 86.4 cm³/mol. The van der Waals surface area contributed by atoms with E-state index in [9.17, 15) is 4.79 Å². The fraction of sp³-hybridized carbons (Fsp3) is 0.235. The molecule has 0 fully saturated rings. The van der Waals surface area contributed by atoms with E-state index in [0.29, 0.717) is 15.8 Å². The first kappa shape index (κ1) is 15.9. The molecule has 0 bridgehead atoms. The minimum atomic E-state index is -0.611. The molecule has 0 saturated heterocycles. The summed E-state index contributed by atoms with van der Waals surface area (Å²) in [5, 5.41) is 1.29. The number of aldehydes is 1. The molecular weight excluding hydrogens is 307 g/mol. The Kier molecular flexibility index (Phi) is 4.92. The molecule has 0 aliphatic carbocycles. The van der Waals surface area contributed by atoms with Crippen LogP contribution < -0.4 is 4.74 Å². The van der Waals surface area contributed by atoms with E-state index in [1.54, 1.807) is 24.3 Å². The highest BCUT2D eigenvalue weighted by Crippen LogP contribution is 2.30. The summed E-state index contributed by atoms with van der Waals surface area (Å²) in [7, 11) is 0. The van der Waals surface area contributed by atoms with Crippen molar-refractivity contribution in [1.82, 2.24) is 0 Å². The molecule has 0 aliphatic rings. The number of carbonyl (C=O) groups excluding carboxylic acids is 1. The normalized spacial score (nSPS) is 12.8. The van der Waals surface area contributed by atoms with Crippen LogP contribution in [0.1, 0.15) is 19.4 Å². The molecule has 1 atom stereocenters. The van der Waals surface area contributed by atoms with Crippen LogP contribution in [0, 0.1) is 0 Å².